The third-order valence-electron chi connectivity index (χ3n) is 6.31. The largest absolute Gasteiger partial charge is 0.382 e. The molecule has 3 rings (SSSR count). The number of halogens is 1. The lowest BCUT2D eigenvalue weighted by molar-refractivity contribution is 0.0536. The molecule has 0 saturated carbocycles. The molecule has 2 saturated heterocycles. The molecule has 2 fully saturated rings. The van der Waals surface area contributed by atoms with Crippen LogP contribution in [0.15, 0.2) is 35.3 Å². The van der Waals surface area contributed by atoms with Crippen LogP contribution in [0.5, 0.6) is 0 Å². The SMILES string of the molecule is CCNC(=NCCCN1CCN(Cc2ccccc2)CC1)N1CCC(COCCOC)C1.I. The Bertz CT molecular complexity index is 655. The van der Waals surface area contributed by atoms with Crippen molar-refractivity contribution in [1.82, 2.24) is 20.0 Å². The highest BCUT2D eigenvalue weighted by molar-refractivity contribution is 14.0. The Morgan fingerprint density at radius 3 is 2.55 bits per heavy atom. The maximum atomic E-state index is 5.73. The van der Waals surface area contributed by atoms with E-state index in [4.69, 9.17) is 14.5 Å². The number of likely N-dealkylation sites (tertiary alicyclic amines) is 1. The second-order valence-electron chi connectivity index (χ2n) is 8.86. The summed E-state index contributed by atoms with van der Waals surface area (Å²) in [4.78, 5) is 12.5. The maximum Gasteiger partial charge on any atom is 0.193 e. The summed E-state index contributed by atoms with van der Waals surface area (Å²) in [6.45, 7) is 15.0. The second kappa shape index (κ2) is 16.6. The first kappa shape index (κ1) is 28.3. The molecule has 0 aliphatic carbocycles. The van der Waals surface area contributed by atoms with Crippen molar-refractivity contribution in [2.45, 2.75) is 26.3 Å². The van der Waals surface area contributed by atoms with E-state index in [0.29, 0.717) is 19.1 Å². The summed E-state index contributed by atoms with van der Waals surface area (Å²) >= 11 is 0. The smallest absolute Gasteiger partial charge is 0.193 e. The van der Waals surface area contributed by atoms with Crippen molar-refractivity contribution in [1.29, 1.82) is 0 Å². The minimum atomic E-state index is 0. The van der Waals surface area contributed by atoms with Crippen molar-refractivity contribution in [3.63, 3.8) is 0 Å². The van der Waals surface area contributed by atoms with Gasteiger partial charge in [0.15, 0.2) is 5.96 Å². The highest BCUT2D eigenvalue weighted by Crippen LogP contribution is 2.17. The van der Waals surface area contributed by atoms with Gasteiger partial charge in [0.1, 0.15) is 0 Å². The van der Waals surface area contributed by atoms with Crippen LogP contribution in [0.1, 0.15) is 25.3 Å². The minimum absolute atomic E-state index is 0. The summed E-state index contributed by atoms with van der Waals surface area (Å²) in [6, 6.07) is 10.8. The fourth-order valence-electron chi connectivity index (χ4n) is 4.47. The highest BCUT2D eigenvalue weighted by atomic mass is 127. The Kier molecular flexibility index (Phi) is 14.3. The first-order chi connectivity index (χ1) is 15.8. The summed E-state index contributed by atoms with van der Waals surface area (Å²) in [5.74, 6) is 1.66. The zero-order chi connectivity index (χ0) is 22.4. The summed E-state index contributed by atoms with van der Waals surface area (Å²) in [5, 5.41) is 3.48. The molecule has 1 aromatic carbocycles. The molecule has 0 spiro atoms. The van der Waals surface area contributed by atoms with E-state index < -0.39 is 0 Å². The van der Waals surface area contributed by atoms with Gasteiger partial charge in [-0.05, 0) is 25.3 Å². The fourth-order valence-corrected chi connectivity index (χ4v) is 4.47. The number of benzene rings is 1. The zero-order valence-electron chi connectivity index (χ0n) is 20.6. The Morgan fingerprint density at radius 1 is 1.06 bits per heavy atom. The van der Waals surface area contributed by atoms with Gasteiger partial charge in [-0.25, -0.2) is 0 Å². The van der Waals surface area contributed by atoms with Gasteiger partial charge >= 0.3 is 0 Å². The normalized spacial score (nSPS) is 20.1. The Hall–Kier alpha value is -0.940. The van der Waals surface area contributed by atoms with Gasteiger partial charge in [0.05, 0.1) is 19.8 Å². The molecule has 188 valence electrons. The van der Waals surface area contributed by atoms with Crippen molar-refractivity contribution in [3.8, 4) is 0 Å². The molecule has 7 nitrogen and oxygen atoms in total. The standard InChI is InChI=1S/C25H43N5O2.HI/c1-3-26-25(30-13-10-24(21-30)22-32-19-18-31-2)27-11-7-12-28-14-16-29(17-15-28)20-23-8-5-4-6-9-23;/h4-6,8-9,24H,3,7,10-22H2,1-2H3,(H,26,27);1H. The lowest BCUT2D eigenvalue weighted by atomic mass is 10.1. The highest BCUT2D eigenvalue weighted by Gasteiger charge is 2.25. The number of piperazine rings is 1. The molecule has 1 atom stereocenters. The first-order valence-electron chi connectivity index (χ1n) is 12.4. The summed E-state index contributed by atoms with van der Waals surface area (Å²) in [7, 11) is 1.71. The molecule has 0 aromatic heterocycles. The second-order valence-corrected chi connectivity index (χ2v) is 8.86. The molecule has 8 heteroatoms. The van der Waals surface area contributed by atoms with Crippen LogP contribution in [-0.4, -0.2) is 106 Å². The van der Waals surface area contributed by atoms with Crippen molar-refractivity contribution in [2.24, 2.45) is 10.9 Å². The van der Waals surface area contributed by atoms with Crippen LogP contribution in [0.4, 0.5) is 0 Å². The first-order valence-corrected chi connectivity index (χ1v) is 12.4. The minimum Gasteiger partial charge on any atom is -0.382 e. The van der Waals surface area contributed by atoms with E-state index in [2.05, 4.69) is 57.3 Å². The number of guanidine groups is 1. The van der Waals surface area contributed by atoms with Gasteiger partial charge < -0.3 is 24.6 Å². The number of ether oxygens (including phenoxy) is 2. The molecule has 2 aliphatic heterocycles. The fraction of sp³-hybridized carbons (Fsp3) is 0.720. The van der Waals surface area contributed by atoms with Gasteiger partial charge in [-0.2, -0.15) is 0 Å². The third-order valence-corrected chi connectivity index (χ3v) is 6.31. The average Bonchev–Trinajstić information content (AvgIpc) is 3.29. The molecule has 2 heterocycles. The van der Waals surface area contributed by atoms with Gasteiger partial charge in [-0.15, -0.1) is 24.0 Å². The van der Waals surface area contributed by atoms with E-state index in [1.807, 2.05) is 0 Å². The molecule has 33 heavy (non-hydrogen) atoms. The van der Waals surface area contributed by atoms with E-state index in [1.54, 1.807) is 7.11 Å². The van der Waals surface area contributed by atoms with Crippen LogP contribution in [0, 0.1) is 5.92 Å². The number of hydrogen-bond donors (Lipinski definition) is 1. The van der Waals surface area contributed by atoms with Crippen molar-refractivity contribution >= 4 is 29.9 Å². The van der Waals surface area contributed by atoms with E-state index in [0.717, 1.165) is 84.4 Å². The molecular formula is C25H44IN5O2. The molecule has 2 aliphatic rings. The van der Waals surface area contributed by atoms with Gasteiger partial charge in [0, 0.05) is 78.5 Å². The van der Waals surface area contributed by atoms with E-state index >= 15 is 0 Å². The lowest BCUT2D eigenvalue weighted by Crippen LogP contribution is -2.46. The van der Waals surface area contributed by atoms with Gasteiger partial charge in [0.2, 0.25) is 0 Å². The van der Waals surface area contributed by atoms with Crippen molar-refractivity contribution in [3.05, 3.63) is 35.9 Å². The van der Waals surface area contributed by atoms with Crippen LogP contribution in [0.25, 0.3) is 0 Å². The number of nitrogens with zero attached hydrogens (tertiary/aromatic N) is 4. The summed E-state index contributed by atoms with van der Waals surface area (Å²) in [6.07, 6.45) is 2.29. The molecule has 1 N–H and O–H groups in total. The van der Waals surface area contributed by atoms with Crippen molar-refractivity contribution in [2.75, 3.05) is 85.8 Å². The Morgan fingerprint density at radius 2 is 1.82 bits per heavy atom. The maximum absolute atomic E-state index is 5.73. The molecule has 0 bridgehead atoms. The summed E-state index contributed by atoms with van der Waals surface area (Å²) < 4.78 is 10.8. The Balaban J connectivity index is 0.00000385. The number of aliphatic imine (C=N–C) groups is 1. The topological polar surface area (TPSA) is 52.6 Å². The van der Waals surface area contributed by atoms with Gasteiger partial charge in [-0.3, -0.25) is 9.89 Å². The molecule has 1 aromatic rings. The number of rotatable bonds is 12. The van der Waals surface area contributed by atoms with Gasteiger partial charge in [0.25, 0.3) is 0 Å². The predicted molar refractivity (Wildman–Crippen MR) is 147 cm³/mol. The van der Waals surface area contributed by atoms with Crippen LogP contribution < -0.4 is 5.32 Å². The van der Waals surface area contributed by atoms with E-state index in [1.165, 1.54) is 12.0 Å². The van der Waals surface area contributed by atoms with Crippen LogP contribution in [0.2, 0.25) is 0 Å². The lowest BCUT2D eigenvalue weighted by Gasteiger charge is -2.34. The quantitative estimate of drug-likeness (QED) is 0.180. The number of nitrogens with one attached hydrogen (secondary N) is 1. The molecule has 1 unspecified atom stereocenters. The van der Waals surface area contributed by atoms with Crippen LogP contribution in [-0.2, 0) is 16.0 Å². The molecular weight excluding hydrogens is 529 g/mol. The summed E-state index contributed by atoms with van der Waals surface area (Å²) in [5.41, 5.74) is 1.41. The third kappa shape index (κ3) is 10.5. The van der Waals surface area contributed by atoms with Crippen LogP contribution in [0.3, 0.4) is 0 Å². The zero-order valence-corrected chi connectivity index (χ0v) is 22.9. The molecule has 0 amide bonds. The Labute approximate surface area is 217 Å². The number of hydrogen-bond acceptors (Lipinski definition) is 5. The van der Waals surface area contributed by atoms with Gasteiger partial charge in [-0.1, -0.05) is 30.3 Å². The molecule has 0 radical (unpaired) electrons. The van der Waals surface area contributed by atoms with Crippen molar-refractivity contribution < 1.29 is 9.47 Å². The predicted octanol–water partition coefficient (Wildman–Crippen LogP) is 2.76. The monoisotopic (exact) mass is 573 g/mol. The van der Waals surface area contributed by atoms with Crippen LogP contribution >= 0.6 is 24.0 Å². The number of methoxy groups -OCH3 is 1. The van der Waals surface area contributed by atoms with E-state index in [9.17, 15) is 0 Å². The average molecular weight is 574 g/mol. The van der Waals surface area contributed by atoms with E-state index in [-0.39, 0.29) is 24.0 Å².